The summed E-state index contributed by atoms with van der Waals surface area (Å²) in [6, 6.07) is 3.76. The number of hydrogen-bond acceptors (Lipinski definition) is 4. The van der Waals surface area contributed by atoms with Crippen LogP contribution in [0.3, 0.4) is 0 Å². The molecule has 1 aliphatic rings. The lowest BCUT2D eigenvalue weighted by Gasteiger charge is -2.18. The Morgan fingerprint density at radius 3 is 3.20 bits per heavy atom. The summed E-state index contributed by atoms with van der Waals surface area (Å²) in [5, 5.41) is 3.21. The van der Waals surface area contributed by atoms with Gasteiger partial charge in [0.05, 0.1) is 6.67 Å². The lowest BCUT2D eigenvalue weighted by atomic mass is 10.0. The van der Waals surface area contributed by atoms with Crippen molar-refractivity contribution in [3.05, 3.63) is 18.3 Å². The molecule has 2 heterocycles. The SMILES string of the molecule is CC=Nc1cccnc1NCN1CC(CCC)CC1=O. The number of aliphatic imine (C=N–C) groups is 1. The first-order valence-corrected chi connectivity index (χ1v) is 7.20. The van der Waals surface area contributed by atoms with E-state index < -0.39 is 0 Å². The standard InChI is InChI=1S/C15H22N4O/c1-3-6-12-9-14(20)19(10-12)11-18-15-13(16-4-2)7-5-8-17-15/h4-5,7-8,12H,3,6,9-11H2,1-2H3,(H,17,18). The second-order valence-electron chi connectivity index (χ2n) is 5.07. The fourth-order valence-electron chi connectivity index (χ4n) is 2.56. The maximum absolute atomic E-state index is 11.9. The summed E-state index contributed by atoms with van der Waals surface area (Å²) in [6.45, 7) is 5.38. The zero-order valence-corrected chi connectivity index (χ0v) is 12.2. The van der Waals surface area contributed by atoms with E-state index in [0.717, 1.165) is 30.9 Å². The Labute approximate surface area is 120 Å². The number of nitrogens with one attached hydrogen (secondary N) is 1. The molecular weight excluding hydrogens is 252 g/mol. The van der Waals surface area contributed by atoms with Crippen LogP contribution in [0.25, 0.3) is 0 Å². The van der Waals surface area contributed by atoms with Crippen molar-refractivity contribution in [2.45, 2.75) is 33.1 Å². The maximum atomic E-state index is 11.9. The van der Waals surface area contributed by atoms with Gasteiger partial charge in [0.25, 0.3) is 0 Å². The quantitative estimate of drug-likeness (QED) is 0.811. The van der Waals surface area contributed by atoms with Gasteiger partial charge in [-0.1, -0.05) is 13.3 Å². The van der Waals surface area contributed by atoms with Gasteiger partial charge in [-0.25, -0.2) is 4.98 Å². The van der Waals surface area contributed by atoms with Crippen molar-refractivity contribution in [3.8, 4) is 0 Å². The van der Waals surface area contributed by atoms with Crippen molar-refractivity contribution in [1.29, 1.82) is 0 Å². The Hall–Kier alpha value is -1.91. The molecule has 1 atom stereocenters. The number of pyridine rings is 1. The Kier molecular flexibility index (Phi) is 5.09. The van der Waals surface area contributed by atoms with Crippen LogP contribution < -0.4 is 5.32 Å². The molecule has 1 fully saturated rings. The third kappa shape index (κ3) is 3.56. The fraction of sp³-hybridized carbons (Fsp3) is 0.533. The molecule has 0 aromatic carbocycles. The molecule has 108 valence electrons. The molecule has 2 rings (SSSR count). The molecule has 1 aromatic heterocycles. The number of anilines is 1. The smallest absolute Gasteiger partial charge is 0.224 e. The normalized spacial score (nSPS) is 19.0. The predicted molar refractivity (Wildman–Crippen MR) is 81.3 cm³/mol. The van der Waals surface area contributed by atoms with Crippen LogP contribution in [-0.4, -0.2) is 35.2 Å². The predicted octanol–water partition coefficient (Wildman–Crippen LogP) is 2.82. The number of carbonyl (C=O) groups excluding carboxylic acids is 1. The number of hydrogen-bond donors (Lipinski definition) is 1. The van der Waals surface area contributed by atoms with Crippen LogP contribution in [0.5, 0.6) is 0 Å². The minimum atomic E-state index is 0.229. The number of amides is 1. The summed E-state index contributed by atoms with van der Waals surface area (Å²) in [7, 11) is 0. The Balaban J connectivity index is 1.94. The third-order valence-corrected chi connectivity index (χ3v) is 3.48. The summed E-state index contributed by atoms with van der Waals surface area (Å²) in [4.78, 5) is 22.3. The highest BCUT2D eigenvalue weighted by atomic mass is 16.2. The molecule has 5 nitrogen and oxygen atoms in total. The van der Waals surface area contributed by atoms with Gasteiger partial charge in [-0.15, -0.1) is 0 Å². The number of aromatic nitrogens is 1. The van der Waals surface area contributed by atoms with Gasteiger partial charge < -0.3 is 10.2 Å². The zero-order valence-electron chi connectivity index (χ0n) is 12.2. The van der Waals surface area contributed by atoms with E-state index in [4.69, 9.17) is 0 Å². The second kappa shape index (κ2) is 7.03. The molecule has 5 heteroatoms. The Bertz CT molecular complexity index is 487. The van der Waals surface area contributed by atoms with E-state index in [0.29, 0.717) is 19.0 Å². The van der Waals surface area contributed by atoms with Crippen molar-refractivity contribution in [2.24, 2.45) is 10.9 Å². The number of likely N-dealkylation sites (tertiary alicyclic amines) is 1. The van der Waals surface area contributed by atoms with Crippen LogP contribution in [0.1, 0.15) is 33.1 Å². The van der Waals surface area contributed by atoms with Gasteiger partial charge in [0.15, 0.2) is 5.82 Å². The molecule has 20 heavy (non-hydrogen) atoms. The van der Waals surface area contributed by atoms with E-state index in [1.807, 2.05) is 24.0 Å². The van der Waals surface area contributed by atoms with Crippen molar-refractivity contribution in [1.82, 2.24) is 9.88 Å². The van der Waals surface area contributed by atoms with E-state index in [9.17, 15) is 4.79 Å². The lowest BCUT2D eigenvalue weighted by molar-refractivity contribution is -0.127. The molecule has 1 aromatic rings. The topological polar surface area (TPSA) is 57.6 Å². The van der Waals surface area contributed by atoms with Crippen LogP contribution in [0.4, 0.5) is 11.5 Å². The fourth-order valence-corrected chi connectivity index (χ4v) is 2.56. The molecule has 1 aliphatic heterocycles. The van der Waals surface area contributed by atoms with Gasteiger partial charge in [0.1, 0.15) is 5.69 Å². The van der Waals surface area contributed by atoms with E-state index in [-0.39, 0.29) is 5.91 Å². The van der Waals surface area contributed by atoms with Gasteiger partial charge in [0, 0.05) is 25.4 Å². The van der Waals surface area contributed by atoms with Crippen molar-refractivity contribution in [2.75, 3.05) is 18.5 Å². The molecule has 0 aliphatic carbocycles. The summed E-state index contributed by atoms with van der Waals surface area (Å²) in [5.74, 6) is 1.45. The van der Waals surface area contributed by atoms with E-state index in [1.165, 1.54) is 0 Å². The first-order valence-electron chi connectivity index (χ1n) is 7.20. The first-order chi connectivity index (χ1) is 9.74. The Morgan fingerprint density at radius 1 is 1.60 bits per heavy atom. The largest absolute Gasteiger partial charge is 0.351 e. The first kappa shape index (κ1) is 14.5. The summed E-state index contributed by atoms with van der Waals surface area (Å²) in [6.07, 6.45) is 6.40. The summed E-state index contributed by atoms with van der Waals surface area (Å²) < 4.78 is 0. The number of rotatable bonds is 6. The highest BCUT2D eigenvalue weighted by Crippen LogP contribution is 2.24. The third-order valence-electron chi connectivity index (χ3n) is 3.48. The van der Waals surface area contributed by atoms with Crippen molar-refractivity contribution in [3.63, 3.8) is 0 Å². The molecular formula is C15H22N4O. The minimum absolute atomic E-state index is 0.229. The van der Waals surface area contributed by atoms with Crippen LogP contribution in [0.2, 0.25) is 0 Å². The van der Waals surface area contributed by atoms with Crippen molar-refractivity contribution < 1.29 is 4.79 Å². The molecule has 1 amide bonds. The van der Waals surface area contributed by atoms with Crippen LogP contribution >= 0.6 is 0 Å². The van der Waals surface area contributed by atoms with Gasteiger partial charge in [-0.2, -0.15) is 0 Å². The van der Waals surface area contributed by atoms with Crippen LogP contribution in [0, 0.1) is 5.92 Å². The summed E-state index contributed by atoms with van der Waals surface area (Å²) in [5.41, 5.74) is 0.798. The molecule has 0 spiro atoms. The van der Waals surface area contributed by atoms with Crippen molar-refractivity contribution >= 4 is 23.6 Å². The molecule has 0 radical (unpaired) electrons. The summed E-state index contributed by atoms with van der Waals surface area (Å²) >= 11 is 0. The number of nitrogens with zero attached hydrogens (tertiary/aromatic N) is 3. The molecule has 1 N–H and O–H groups in total. The van der Waals surface area contributed by atoms with Gasteiger partial charge in [-0.05, 0) is 31.4 Å². The zero-order chi connectivity index (χ0) is 14.4. The van der Waals surface area contributed by atoms with Gasteiger partial charge in [0.2, 0.25) is 5.91 Å². The second-order valence-corrected chi connectivity index (χ2v) is 5.07. The monoisotopic (exact) mass is 274 g/mol. The minimum Gasteiger partial charge on any atom is -0.351 e. The maximum Gasteiger partial charge on any atom is 0.224 e. The molecule has 0 saturated carbocycles. The Morgan fingerprint density at radius 2 is 2.45 bits per heavy atom. The molecule has 1 saturated heterocycles. The highest BCUT2D eigenvalue weighted by Gasteiger charge is 2.28. The van der Waals surface area contributed by atoms with Crippen LogP contribution in [-0.2, 0) is 4.79 Å². The lowest BCUT2D eigenvalue weighted by Crippen LogP contribution is -2.31. The van der Waals surface area contributed by atoms with Crippen LogP contribution in [0.15, 0.2) is 23.3 Å². The van der Waals surface area contributed by atoms with E-state index in [2.05, 4.69) is 22.2 Å². The van der Waals surface area contributed by atoms with Gasteiger partial charge >= 0.3 is 0 Å². The van der Waals surface area contributed by atoms with E-state index in [1.54, 1.807) is 12.4 Å². The molecule has 0 bridgehead atoms. The highest BCUT2D eigenvalue weighted by molar-refractivity contribution is 5.79. The molecule has 1 unspecified atom stereocenters. The van der Waals surface area contributed by atoms with E-state index >= 15 is 0 Å². The number of carbonyl (C=O) groups is 1. The average molecular weight is 274 g/mol. The van der Waals surface area contributed by atoms with Gasteiger partial charge in [-0.3, -0.25) is 9.79 Å². The average Bonchev–Trinajstić information content (AvgIpc) is 2.79.